The van der Waals surface area contributed by atoms with Gasteiger partial charge in [0.05, 0.1) is 0 Å². The van der Waals surface area contributed by atoms with Crippen molar-refractivity contribution in [3.05, 3.63) is 0 Å². The molecular weight excluding hydrogens is 154 g/mol. The average molecular weight is 173 g/mol. The average Bonchev–Trinajstić information content (AvgIpc) is 2.10. The standard InChI is InChI=1S/C8H19N3O/c1-4-5-10-8(12)11(3)7-6-9-2/h9H,4-7H2,1-3H3,(H,10,12). The van der Waals surface area contributed by atoms with Crippen LogP contribution in [0.15, 0.2) is 0 Å². The van der Waals surface area contributed by atoms with Gasteiger partial charge in [-0.2, -0.15) is 0 Å². The first-order valence-electron chi connectivity index (χ1n) is 4.36. The maximum Gasteiger partial charge on any atom is 0.317 e. The van der Waals surface area contributed by atoms with Gasteiger partial charge in [0.15, 0.2) is 0 Å². The fourth-order valence-corrected chi connectivity index (χ4v) is 0.748. The molecule has 72 valence electrons. The Kier molecular flexibility index (Phi) is 6.47. The molecular formula is C8H19N3O. The Hall–Kier alpha value is -0.770. The Balaban J connectivity index is 3.47. The van der Waals surface area contributed by atoms with E-state index >= 15 is 0 Å². The van der Waals surface area contributed by atoms with Crippen LogP contribution in [-0.2, 0) is 0 Å². The van der Waals surface area contributed by atoms with Crippen molar-refractivity contribution in [2.24, 2.45) is 0 Å². The molecule has 2 N–H and O–H groups in total. The number of likely N-dealkylation sites (N-methyl/N-ethyl adjacent to an activating group) is 2. The molecule has 0 aliphatic heterocycles. The molecule has 0 aliphatic carbocycles. The minimum absolute atomic E-state index is 0.00657. The molecule has 0 rings (SSSR count). The van der Waals surface area contributed by atoms with Crippen LogP contribution >= 0.6 is 0 Å². The van der Waals surface area contributed by atoms with Gasteiger partial charge in [-0.3, -0.25) is 0 Å². The van der Waals surface area contributed by atoms with Crippen LogP contribution in [0, 0.1) is 0 Å². The van der Waals surface area contributed by atoms with Gasteiger partial charge in [-0.25, -0.2) is 4.79 Å². The Morgan fingerprint density at radius 1 is 1.42 bits per heavy atom. The molecule has 0 saturated heterocycles. The summed E-state index contributed by atoms with van der Waals surface area (Å²) in [5.41, 5.74) is 0. The summed E-state index contributed by atoms with van der Waals surface area (Å²) in [7, 11) is 3.67. The maximum atomic E-state index is 11.2. The van der Waals surface area contributed by atoms with Gasteiger partial charge >= 0.3 is 6.03 Å². The highest BCUT2D eigenvalue weighted by Gasteiger charge is 2.04. The van der Waals surface area contributed by atoms with Crippen LogP contribution in [0.4, 0.5) is 4.79 Å². The fourth-order valence-electron chi connectivity index (χ4n) is 0.748. The summed E-state index contributed by atoms with van der Waals surface area (Å²) in [5.74, 6) is 0. The van der Waals surface area contributed by atoms with Crippen LogP contribution in [0.1, 0.15) is 13.3 Å². The van der Waals surface area contributed by atoms with Crippen molar-refractivity contribution in [1.29, 1.82) is 0 Å². The molecule has 0 unspecified atom stereocenters. The Bertz CT molecular complexity index is 127. The number of hydrogen-bond acceptors (Lipinski definition) is 2. The topological polar surface area (TPSA) is 44.4 Å². The lowest BCUT2D eigenvalue weighted by atomic mass is 10.5. The minimum atomic E-state index is 0.00657. The van der Waals surface area contributed by atoms with E-state index in [2.05, 4.69) is 10.6 Å². The molecule has 0 aromatic rings. The number of nitrogens with one attached hydrogen (secondary N) is 2. The zero-order valence-electron chi connectivity index (χ0n) is 8.18. The van der Waals surface area contributed by atoms with Gasteiger partial charge in [0.2, 0.25) is 0 Å². The van der Waals surface area contributed by atoms with E-state index in [0.29, 0.717) is 0 Å². The molecule has 0 fully saturated rings. The second kappa shape index (κ2) is 6.91. The van der Waals surface area contributed by atoms with Crippen molar-refractivity contribution in [2.75, 3.05) is 33.7 Å². The van der Waals surface area contributed by atoms with Crippen LogP contribution in [0.25, 0.3) is 0 Å². The number of carbonyl (C=O) groups is 1. The molecule has 0 spiro atoms. The second-order valence-corrected chi connectivity index (χ2v) is 2.76. The van der Waals surface area contributed by atoms with Crippen LogP contribution in [-0.4, -0.2) is 44.7 Å². The number of rotatable bonds is 5. The normalized spacial score (nSPS) is 9.58. The van der Waals surface area contributed by atoms with Gasteiger partial charge in [-0.15, -0.1) is 0 Å². The van der Waals surface area contributed by atoms with Gasteiger partial charge in [0, 0.05) is 26.7 Å². The molecule has 4 heteroatoms. The van der Waals surface area contributed by atoms with E-state index in [-0.39, 0.29) is 6.03 Å². The highest BCUT2D eigenvalue weighted by molar-refractivity contribution is 5.73. The van der Waals surface area contributed by atoms with E-state index < -0.39 is 0 Å². The zero-order chi connectivity index (χ0) is 9.40. The molecule has 2 amide bonds. The lowest BCUT2D eigenvalue weighted by molar-refractivity contribution is 0.209. The summed E-state index contributed by atoms with van der Waals surface area (Å²) in [4.78, 5) is 12.9. The highest BCUT2D eigenvalue weighted by atomic mass is 16.2. The minimum Gasteiger partial charge on any atom is -0.338 e. The first-order chi connectivity index (χ1) is 5.72. The quantitative estimate of drug-likeness (QED) is 0.626. The largest absolute Gasteiger partial charge is 0.338 e. The van der Waals surface area contributed by atoms with Crippen LogP contribution in [0.5, 0.6) is 0 Å². The van der Waals surface area contributed by atoms with Crippen LogP contribution in [0.2, 0.25) is 0 Å². The van der Waals surface area contributed by atoms with Crippen molar-refractivity contribution < 1.29 is 4.79 Å². The van der Waals surface area contributed by atoms with Gasteiger partial charge in [0.25, 0.3) is 0 Å². The smallest absolute Gasteiger partial charge is 0.317 e. The molecule has 0 bridgehead atoms. The SMILES string of the molecule is CCCNC(=O)N(C)CCNC. The third-order valence-electron chi connectivity index (χ3n) is 1.57. The van der Waals surface area contributed by atoms with E-state index in [9.17, 15) is 4.79 Å². The van der Waals surface area contributed by atoms with Crippen LogP contribution < -0.4 is 10.6 Å². The number of nitrogens with zero attached hydrogens (tertiary/aromatic N) is 1. The summed E-state index contributed by atoms with van der Waals surface area (Å²) in [6.45, 7) is 4.36. The number of hydrogen-bond donors (Lipinski definition) is 2. The summed E-state index contributed by atoms with van der Waals surface area (Å²) < 4.78 is 0. The maximum absolute atomic E-state index is 11.2. The molecule has 0 saturated carbocycles. The van der Waals surface area contributed by atoms with Crippen molar-refractivity contribution in [1.82, 2.24) is 15.5 Å². The summed E-state index contributed by atoms with van der Waals surface area (Å²) in [5, 5.41) is 5.79. The molecule has 0 heterocycles. The van der Waals surface area contributed by atoms with E-state index in [4.69, 9.17) is 0 Å². The van der Waals surface area contributed by atoms with Gasteiger partial charge in [-0.05, 0) is 13.5 Å². The van der Waals surface area contributed by atoms with E-state index in [0.717, 1.165) is 26.1 Å². The summed E-state index contributed by atoms with van der Waals surface area (Å²) >= 11 is 0. The number of urea groups is 1. The van der Waals surface area contributed by atoms with Crippen LogP contribution in [0.3, 0.4) is 0 Å². The van der Waals surface area contributed by atoms with Crippen molar-refractivity contribution in [3.63, 3.8) is 0 Å². The Labute approximate surface area is 74.3 Å². The molecule has 0 aromatic heterocycles. The van der Waals surface area contributed by atoms with Crippen molar-refractivity contribution in [2.45, 2.75) is 13.3 Å². The van der Waals surface area contributed by atoms with E-state index in [1.54, 1.807) is 11.9 Å². The third kappa shape index (κ3) is 4.96. The molecule has 4 nitrogen and oxygen atoms in total. The zero-order valence-corrected chi connectivity index (χ0v) is 8.18. The first kappa shape index (κ1) is 11.2. The molecule has 0 atom stereocenters. The third-order valence-corrected chi connectivity index (χ3v) is 1.57. The number of amides is 2. The number of carbonyl (C=O) groups excluding carboxylic acids is 1. The van der Waals surface area contributed by atoms with E-state index in [1.165, 1.54) is 0 Å². The van der Waals surface area contributed by atoms with E-state index in [1.807, 2.05) is 14.0 Å². The predicted molar refractivity (Wildman–Crippen MR) is 50.2 cm³/mol. The predicted octanol–water partition coefficient (Wildman–Crippen LogP) is 0.257. The van der Waals surface area contributed by atoms with Gasteiger partial charge < -0.3 is 15.5 Å². The summed E-state index contributed by atoms with van der Waals surface area (Å²) in [6, 6.07) is 0.00657. The first-order valence-corrected chi connectivity index (χ1v) is 4.36. The molecule has 0 radical (unpaired) electrons. The van der Waals surface area contributed by atoms with Gasteiger partial charge in [0.1, 0.15) is 0 Å². The lowest BCUT2D eigenvalue weighted by Crippen LogP contribution is -2.40. The monoisotopic (exact) mass is 173 g/mol. The molecule has 0 aromatic carbocycles. The van der Waals surface area contributed by atoms with Gasteiger partial charge in [-0.1, -0.05) is 6.92 Å². The van der Waals surface area contributed by atoms with Crippen molar-refractivity contribution >= 4 is 6.03 Å². The molecule has 12 heavy (non-hydrogen) atoms. The fraction of sp³-hybridized carbons (Fsp3) is 0.875. The lowest BCUT2D eigenvalue weighted by Gasteiger charge is -2.17. The second-order valence-electron chi connectivity index (χ2n) is 2.76. The summed E-state index contributed by atoms with van der Waals surface area (Å²) in [6.07, 6.45) is 0.978. The Morgan fingerprint density at radius 3 is 2.58 bits per heavy atom. The molecule has 0 aliphatic rings. The van der Waals surface area contributed by atoms with Crippen molar-refractivity contribution in [3.8, 4) is 0 Å². The Morgan fingerprint density at radius 2 is 2.08 bits per heavy atom. The highest BCUT2D eigenvalue weighted by Crippen LogP contribution is 1.82.